The van der Waals surface area contributed by atoms with E-state index in [1.807, 2.05) is 0 Å². The molecule has 0 aliphatic heterocycles. The second kappa shape index (κ2) is 6.04. The molecule has 1 aromatic rings. The lowest BCUT2D eigenvalue weighted by molar-refractivity contribution is 0.218. The first-order chi connectivity index (χ1) is 9.23. The van der Waals surface area contributed by atoms with Crippen LogP contribution >= 0.6 is 27.3 Å². The summed E-state index contributed by atoms with van der Waals surface area (Å²) in [6, 6.07) is 1.54. The van der Waals surface area contributed by atoms with Crippen LogP contribution in [0.15, 0.2) is 14.7 Å². The van der Waals surface area contributed by atoms with Gasteiger partial charge in [-0.05, 0) is 53.1 Å². The van der Waals surface area contributed by atoms with Crippen molar-refractivity contribution >= 4 is 37.3 Å². The fourth-order valence-electron chi connectivity index (χ4n) is 2.46. The molecule has 0 aromatic carbocycles. The Morgan fingerprint density at radius 1 is 1.45 bits per heavy atom. The molecule has 1 aliphatic carbocycles. The van der Waals surface area contributed by atoms with Gasteiger partial charge in [-0.1, -0.05) is 13.8 Å². The molecule has 20 heavy (non-hydrogen) atoms. The highest BCUT2D eigenvalue weighted by Gasteiger charge is 2.30. The number of hydrogen-bond donors (Lipinski definition) is 2. The smallest absolute Gasteiger partial charge is 0.242 e. The fourth-order valence-corrected chi connectivity index (χ4v) is 6.31. The molecule has 2 N–H and O–H groups in total. The van der Waals surface area contributed by atoms with Crippen LogP contribution in [0, 0.1) is 5.41 Å². The quantitative estimate of drug-likeness (QED) is 0.840. The Morgan fingerprint density at radius 2 is 2.05 bits per heavy atom. The minimum absolute atomic E-state index is 0.0115. The second-order valence-corrected chi connectivity index (χ2v) is 10.2. The number of aliphatic hydroxyl groups is 1. The van der Waals surface area contributed by atoms with Crippen LogP contribution in [0.3, 0.4) is 0 Å². The van der Waals surface area contributed by atoms with Gasteiger partial charge in [-0.15, -0.1) is 11.3 Å². The standard InChI is InChI=1S/C13H20BrNO3S2/c1-13(2)5-3-9(4-6-13)15-20(17,18)11-7-10(8-16)19-12(11)14/h7,9,15-16H,3-6,8H2,1-2H3. The molecule has 0 saturated heterocycles. The molecular formula is C13H20BrNO3S2. The average Bonchev–Trinajstić information content (AvgIpc) is 2.74. The average molecular weight is 382 g/mol. The number of rotatable bonds is 4. The van der Waals surface area contributed by atoms with E-state index in [0.717, 1.165) is 25.7 Å². The minimum atomic E-state index is -3.51. The maximum Gasteiger partial charge on any atom is 0.242 e. The van der Waals surface area contributed by atoms with Gasteiger partial charge < -0.3 is 5.11 Å². The van der Waals surface area contributed by atoms with Crippen LogP contribution in [0.4, 0.5) is 0 Å². The maximum absolute atomic E-state index is 12.4. The van der Waals surface area contributed by atoms with Crippen LogP contribution in [0.25, 0.3) is 0 Å². The molecule has 1 fully saturated rings. The number of aliphatic hydroxyl groups excluding tert-OH is 1. The Balaban J connectivity index is 2.10. The summed E-state index contributed by atoms with van der Waals surface area (Å²) in [5.74, 6) is 0. The Morgan fingerprint density at radius 3 is 2.55 bits per heavy atom. The van der Waals surface area contributed by atoms with Crippen LogP contribution in [0.5, 0.6) is 0 Å². The van der Waals surface area contributed by atoms with Gasteiger partial charge in [-0.3, -0.25) is 0 Å². The van der Waals surface area contributed by atoms with Gasteiger partial charge in [0.25, 0.3) is 0 Å². The van der Waals surface area contributed by atoms with Gasteiger partial charge in [-0.25, -0.2) is 13.1 Å². The van der Waals surface area contributed by atoms with E-state index >= 15 is 0 Å². The number of halogens is 1. The predicted molar refractivity (Wildman–Crippen MR) is 84.3 cm³/mol. The summed E-state index contributed by atoms with van der Waals surface area (Å²) in [7, 11) is -3.51. The van der Waals surface area contributed by atoms with E-state index in [0.29, 0.717) is 14.1 Å². The van der Waals surface area contributed by atoms with Gasteiger partial charge in [-0.2, -0.15) is 0 Å². The SMILES string of the molecule is CC1(C)CCC(NS(=O)(=O)c2cc(CO)sc2Br)CC1. The zero-order chi connectivity index (χ0) is 15.0. The normalized spacial score (nSPS) is 20.2. The van der Waals surface area contributed by atoms with E-state index in [4.69, 9.17) is 5.11 Å². The molecule has 1 aliphatic rings. The van der Waals surface area contributed by atoms with E-state index in [-0.39, 0.29) is 17.5 Å². The topological polar surface area (TPSA) is 66.4 Å². The van der Waals surface area contributed by atoms with Crippen LogP contribution in [-0.4, -0.2) is 19.6 Å². The van der Waals surface area contributed by atoms with Crippen LogP contribution in [0.1, 0.15) is 44.4 Å². The third kappa shape index (κ3) is 3.82. The van der Waals surface area contributed by atoms with Crippen molar-refractivity contribution < 1.29 is 13.5 Å². The zero-order valence-corrected chi connectivity index (χ0v) is 14.9. The summed E-state index contributed by atoms with van der Waals surface area (Å²) < 4.78 is 28.1. The summed E-state index contributed by atoms with van der Waals surface area (Å²) in [6.45, 7) is 4.30. The molecular weight excluding hydrogens is 362 g/mol. The maximum atomic E-state index is 12.4. The van der Waals surface area contributed by atoms with Crippen LogP contribution < -0.4 is 4.72 Å². The van der Waals surface area contributed by atoms with Gasteiger partial charge in [0.15, 0.2) is 0 Å². The van der Waals surface area contributed by atoms with E-state index in [1.165, 1.54) is 17.4 Å². The second-order valence-electron chi connectivity index (χ2n) is 6.07. The monoisotopic (exact) mass is 381 g/mol. The zero-order valence-electron chi connectivity index (χ0n) is 11.6. The molecule has 4 nitrogen and oxygen atoms in total. The van der Waals surface area contributed by atoms with Crippen molar-refractivity contribution in [1.29, 1.82) is 0 Å². The Labute approximate surface area is 132 Å². The third-order valence-electron chi connectivity index (χ3n) is 3.81. The molecule has 0 unspecified atom stereocenters. The molecule has 7 heteroatoms. The highest BCUT2D eigenvalue weighted by atomic mass is 79.9. The Hall–Kier alpha value is 0.0500. The first-order valence-corrected chi connectivity index (χ1v) is 9.74. The van der Waals surface area contributed by atoms with Crippen molar-refractivity contribution in [3.05, 3.63) is 14.7 Å². The molecule has 114 valence electrons. The summed E-state index contributed by atoms with van der Waals surface area (Å²) in [5, 5.41) is 9.09. The largest absolute Gasteiger partial charge is 0.391 e. The number of thiophene rings is 1. The highest BCUT2D eigenvalue weighted by Crippen LogP contribution is 2.36. The number of hydrogen-bond acceptors (Lipinski definition) is 4. The van der Waals surface area contributed by atoms with E-state index in [2.05, 4.69) is 34.5 Å². The minimum Gasteiger partial charge on any atom is -0.391 e. The van der Waals surface area contributed by atoms with Crippen molar-refractivity contribution in [2.45, 2.75) is 57.1 Å². The molecule has 2 rings (SSSR count). The lowest BCUT2D eigenvalue weighted by Crippen LogP contribution is -2.39. The molecule has 1 aromatic heterocycles. The molecule has 1 heterocycles. The summed E-state index contributed by atoms with van der Waals surface area (Å²) >= 11 is 4.52. The lowest BCUT2D eigenvalue weighted by Gasteiger charge is -2.34. The van der Waals surface area contributed by atoms with Crippen molar-refractivity contribution in [3.63, 3.8) is 0 Å². The number of sulfonamides is 1. The molecule has 1 saturated carbocycles. The van der Waals surface area contributed by atoms with Gasteiger partial charge in [0.05, 0.1) is 10.4 Å². The molecule has 0 amide bonds. The van der Waals surface area contributed by atoms with Crippen molar-refractivity contribution in [3.8, 4) is 0 Å². The first kappa shape index (κ1) is 16.4. The van der Waals surface area contributed by atoms with Gasteiger partial charge >= 0.3 is 0 Å². The van der Waals surface area contributed by atoms with Gasteiger partial charge in [0.2, 0.25) is 10.0 Å². The highest BCUT2D eigenvalue weighted by molar-refractivity contribution is 9.11. The van der Waals surface area contributed by atoms with Crippen molar-refractivity contribution in [1.82, 2.24) is 4.72 Å². The Kier molecular flexibility index (Phi) is 4.96. The summed E-state index contributed by atoms with van der Waals surface area (Å²) in [5.41, 5.74) is 0.314. The third-order valence-corrected chi connectivity index (χ3v) is 7.57. The van der Waals surface area contributed by atoms with E-state index in [1.54, 1.807) is 0 Å². The van der Waals surface area contributed by atoms with Crippen LogP contribution in [0.2, 0.25) is 0 Å². The summed E-state index contributed by atoms with van der Waals surface area (Å²) in [4.78, 5) is 0.874. The molecule has 0 radical (unpaired) electrons. The molecule has 0 spiro atoms. The Bertz CT molecular complexity index is 570. The van der Waals surface area contributed by atoms with Gasteiger partial charge in [0, 0.05) is 10.9 Å². The van der Waals surface area contributed by atoms with Crippen molar-refractivity contribution in [2.75, 3.05) is 0 Å². The van der Waals surface area contributed by atoms with Gasteiger partial charge in [0.1, 0.15) is 4.90 Å². The van der Waals surface area contributed by atoms with E-state index in [9.17, 15) is 8.42 Å². The first-order valence-electron chi connectivity index (χ1n) is 6.65. The number of nitrogens with one attached hydrogen (secondary N) is 1. The fraction of sp³-hybridized carbons (Fsp3) is 0.692. The summed E-state index contributed by atoms with van der Waals surface area (Å²) in [6.07, 6.45) is 3.82. The molecule has 0 bridgehead atoms. The predicted octanol–water partition coefficient (Wildman–Crippen LogP) is 3.25. The lowest BCUT2D eigenvalue weighted by atomic mass is 9.76. The van der Waals surface area contributed by atoms with E-state index < -0.39 is 10.0 Å². The molecule has 0 atom stereocenters. The van der Waals surface area contributed by atoms with Crippen LogP contribution in [-0.2, 0) is 16.6 Å². The van der Waals surface area contributed by atoms with Crippen molar-refractivity contribution in [2.24, 2.45) is 5.41 Å².